The van der Waals surface area contributed by atoms with Crippen molar-refractivity contribution in [2.45, 2.75) is 5.03 Å². The summed E-state index contributed by atoms with van der Waals surface area (Å²) in [7, 11) is -3.99. The van der Waals surface area contributed by atoms with Crippen LogP contribution in [0.15, 0.2) is 52.0 Å². The maximum Gasteiger partial charge on any atom is 0.309 e. The number of sulfonamides is 1. The van der Waals surface area contributed by atoms with Gasteiger partial charge in [-0.1, -0.05) is 17.7 Å². The highest BCUT2D eigenvalue weighted by atomic mass is 35.5. The lowest BCUT2D eigenvalue weighted by molar-refractivity contribution is 0.0659. The van der Waals surface area contributed by atoms with E-state index in [1.807, 2.05) is 0 Å². The molecular formula is C19H16ClN5O5S. The van der Waals surface area contributed by atoms with Crippen LogP contribution in [0.3, 0.4) is 0 Å². The van der Waals surface area contributed by atoms with Gasteiger partial charge in [0, 0.05) is 42.8 Å². The first kappa shape index (κ1) is 19.8. The molecular weight excluding hydrogens is 446 g/mol. The molecule has 0 atom stereocenters. The number of fused-ring (bicyclic) bond motifs is 2. The first-order valence-electron chi connectivity index (χ1n) is 9.36. The quantitative estimate of drug-likeness (QED) is 0.464. The fourth-order valence-electron chi connectivity index (χ4n) is 3.58. The first-order chi connectivity index (χ1) is 14.8. The smallest absolute Gasteiger partial charge is 0.309 e. The summed E-state index contributed by atoms with van der Waals surface area (Å²) < 4.78 is 33.5. The Morgan fingerprint density at radius 2 is 1.90 bits per heavy atom. The third kappa shape index (κ3) is 3.30. The molecule has 0 spiro atoms. The minimum absolute atomic E-state index is 0.0643. The Balaban J connectivity index is 1.35. The first-order valence-corrected chi connectivity index (χ1v) is 11.2. The van der Waals surface area contributed by atoms with Crippen molar-refractivity contribution >= 4 is 49.7 Å². The van der Waals surface area contributed by atoms with Crippen LogP contribution in [0, 0.1) is 0 Å². The Morgan fingerprint density at radius 3 is 2.65 bits per heavy atom. The van der Waals surface area contributed by atoms with Gasteiger partial charge in [-0.15, -0.1) is 0 Å². The van der Waals surface area contributed by atoms with Crippen molar-refractivity contribution in [1.82, 2.24) is 23.9 Å². The number of hydrogen-bond donors (Lipinski definition) is 1. The molecule has 1 fully saturated rings. The number of pyridine rings is 1. The zero-order valence-corrected chi connectivity index (χ0v) is 17.5. The van der Waals surface area contributed by atoms with Crippen LogP contribution in [0.4, 0.5) is 0 Å². The van der Waals surface area contributed by atoms with E-state index in [2.05, 4.69) is 9.97 Å². The predicted molar refractivity (Wildman–Crippen MR) is 111 cm³/mol. The Bertz CT molecular complexity index is 1390. The highest BCUT2D eigenvalue weighted by Gasteiger charge is 2.34. The molecule has 0 saturated carbocycles. The van der Waals surface area contributed by atoms with Crippen molar-refractivity contribution in [2.24, 2.45) is 0 Å². The number of hydrogen-bond acceptors (Lipinski definition) is 7. The van der Waals surface area contributed by atoms with E-state index >= 15 is 0 Å². The molecule has 0 radical (unpaired) electrons. The summed E-state index contributed by atoms with van der Waals surface area (Å²) in [6.07, 6.45) is 1.55. The monoisotopic (exact) mass is 461 g/mol. The van der Waals surface area contributed by atoms with Gasteiger partial charge in [0.15, 0.2) is 16.3 Å². The molecule has 0 unspecified atom stereocenters. The number of nitrogens with zero attached hydrogens (tertiary/aromatic N) is 5. The molecule has 10 nitrogen and oxygen atoms in total. The summed E-state index contributed by atoms with van der Waals surface area (Å²) in [4.78, 5) is 22.3. The number of benzene rings is 1. The highest BCUT2D eigenvalue weighted by Crippen LogP contribution is 2.27. The van der Waals surface area contributed by atoms with Gasteiger partial charge in [0.25, 0.3) is 15.9 Å². The number of carbonyl (C=O) groups is 1. The van der Waals surface area contributed by atoms with Crippen LogP contribution in [0.25, 0.3) is 22.1 Å². The van der Waals surface area contributed by atoms with Crippen LogP contribution < -0.4 is 0 Å². The minimum atomic E-state index is -3.99. The van der Waals surface area contributed by atoms with Gasteiger partial charge in [-0.05, 0) is 30.3 Å². The van der Waals surface area contributed by atoms with Gasteiger partial charge < -0.3 is 14.5 Å². The number of aromatic nitrogens is 3. The highest BCUT2D eigenvalue weighted by molar-refractivity contribution is 7.89. The van der Waals surface area contributed by atoms with E-state index in [1.54, 1.807) is 30.5 Å². The van der Waals surface area contributed by atoms with Gasteiger partial charge in [0.1, 0.15) is 0 Å². The van der Waals surface area contributed by atoms with E-state index in [0.29, 0.717) is 31.9 Å². The van der Waals surface area contributed by atoms with Crippen molar-refractivity contribution in [1.29, 1.82) is 0 Å². The summed E-state index contributed by atoms with van der Waals surface area (Å²) in [6, 6.07) is 9.48. The molecule has 3 aromatic heterocycles. The lowest BCUT2D eigenvalue weighted by Gasteiger charge is -2.33. The van der Waals surface area contributed by atoms with E-state index in [-0.39, 0.29) is 37.1 Å². The maximum absolute atomic E-state index is 13.1. The SMILES string of the molecule is O=C(c1nc2ncccc2o1)N1CCN(S(=O)(=O)c2cc3ccc(Cl)cc3n2O)CC1. The fraction of sp³-hybridized carbons (Fsp3) is 0.211. The second-order valence-electron chi connectivity index (χ2n) is 7.04. The molecule has 1 N–H and O–H groups in total. The number of rotatable bonds is 3. The molecule has 5 rings (SSSR count). The van der Waals surface area contributed by atoms with Crippen LogP contribution >= 0.6 is 11.6 Å². The van der Waals surface area contributed by atoms with E-state index in [4.69, 9.17) is 16.0 Å². The zero-order chi connectivity index (χ0) is 21.8. The molecule has 1 aromatic carbocycles. The van der Waals surface area contributed by atoms with Crippen LogP contribution in [-0.2, 0) is 10.0 Å². The molecule has 1 aliphatic rings. The molecule has 31 heavy (non-hydrogen) atoms. The molecule has 0 bridgehead atoms. The summed E-state index contributed by atoms with van der Waals surface area (Å²) >= 11 is 5.95. The topological polar surface area (TPSA) is 122 Å². The van der Waals surface area contributed by atoms with Gasteiger partial charge in [0.2, 0.25) is 0 Å². The zero-order valence-electron chi connectivity index (χ0n) is 16.0. The van der Waals surface area contributed by atoms with Gasteiger partial charge in [0.05, 0.1) is 5.52 Å². The molecule has 160 valence electrons. The minimum Gasteiger partial charge on any atom is -0.431 e. The van der Waals surface area contributed by atoms with Crippen molar-refractivity contribution in [3.8, 4) is 0 Å². The van der Waals surface area contributed by atoms with Crippen molar-refractivity contribution < 1.29 is 22.8 Å². The Morgan fingerprint density at radius 1 is 1.13 bits per heavy atom. The van der Waals surface area contributed by atoms with Crippen molar-refractivity contribution in [2.75, 3.05) is 26.2 Å². The number of piperazine rings is 1. The van der Waals surface area contributed by atoms with E-state index < -0.39 is 15.9 Å². The molecule has 1 saturated heterocycles. The average molecular weight is 462 g/mol. The Hall–Kier alpha value is -3.15. The van der Waals surface area contributed by atoms with Gasteiger partial charge in [-0.3, -0.25) is 4.79 Å². The standard InChI is InChI=1S/C19H16ClN5O5S/c20-13-4-3-12-10-16(25(27)14(12)11-13)31(28,29)24-8-6-23(7-9-24)19(26)18-22-17-15(30-18)2-1-5-21-17/h1-5,10-11,27H,6-9H2. The van der Waals surface area contributed by atoms with Crippen LogP contribution in [0.5, 0.6) is 0 Å². The summed E-state index contributed by atoms with van der Waals surface area (Å²) in [5.74, 6) is -0.515. The normalized spacial score (nSPS) is 15.7. The van der Waals surface area contributed by atoms with E-state index in [9.17, 15) is 18.4 Å². The summed E-state index contributed by atoms with van der Waals surface area (Å²) in [5.41, 5.74) is 1.04. The molecule has 1 amide bonds. The second-order valence-corrected chi connectivity index (χ2v) is 9.36. The number of carbonyl (C=O) groups excluding carboxylic acids is 1. The molecule has 12 heteroatoms. The number of amides is 1. The molecule has 1 aliphatic heterocycles. The van der Waals surface area contributed by atoms with E-state index in [0.717, 1.165) is 0 Å². The third-order valence-electron chi connectivity index (χ3n) is 5.19. The second kappa shape index (κ2) is 7.22. The van der Waals surface area contributed by atoms with Crippen LogP contribution in [-0.4, -0.2) is 69.6 Å². The fourth-order valence-corrected chi connectivity index (χ4v) is 5.25. The summed E-state index contributed by atoms with van der Waals surface area (Å²) in [6.45, 7) is 0.438. The predicted octanol–water partition coefficient (Wildman–Crippen LogP) is 2.21. The molecule has 4 aromatic rings. The Labute approximate surface area is 181 Å². The average Bonchev–Trinajstić information content (AvgIpc) is 3.35. The van der Waals surface area contributed by atoms with Crippen LogP contribution in [0.1, 0.15) is 10.7 Å². The summed E-state index contributed by atoms with van der Waals surface area (Å²) in [5, 5.41) is 11.1. The van der Waals surface area contributed by atoms with Gasteiger partial charge in [-0.25, -0.2) is 13.4 Å². The molecule has 4 heterocycles. The van der Waals surface area contributed by atoms with E-state index in [1.165, 1.54) is 21.3 Å². The largest absolute Gasteiger partial charge is 0.431 e. The maximum atomic E-state index is 13.1. The lowest BCUT2D eigenvalue weighted by atomic mass is 10.2. The van der Waals surface area contributed by atoms with Crippen molar-refractivity contribution in [3.63, 3.8) is 0 Å². The lowest BCUT2D eigenvalue weighted by Crippen LogP contribution is -2.50. The van der Waals surface area contributed by atoms with Crippen LogP contribution in [0.2, 0.25) is 5.02 Å². The van der Waals surface area contributed by atoms with Gasteiger partial charge >= 0.3 is 5.91 Å². The number of oxazole rings is 1. The molecule has 0 aliphatic carbocycles. The number of halogens is 1. The third-order valence-corrected chi connectivity index (χ3v) is 7.29. The van der Waals surface area contributed by atoms with Gasteiger partial charge in [-0.2, -0.15) is 14.0 Å². The van der Waals surface area contributed by atoms with Crippen molar-refractivity contribution in [3.05, 3.63) is 53.5 Å². The Kier molecular flexibility index (Phi) is 4.61.